The number of likely N-dealkylation sites (tertiary alicyclic amines) is 1. The smallest absolute Gasteiger partial charge is 0.406 e. The van der Waals surface area contributed by atoms with E-state index in [1.165, 1.54) is 6.26 Å². The maximum Gasteiger partial charge on any atom is 0.406 e. The van der Waals surface area contributed by atoms with E-state index < -0.39 is 18.6 Å². The van der Waals surface area contributed by atoms with Crippen LogP contribution in [0.25, 0.3) is 5.65 Å². The van der Waals surface area contributed by atoms with E-state index in [2.05, 4.69) is 10.2 Å². The van der Waals surface area contributed by atoms with E-state index in [1.54, 1.807) is 12.1 Å². The van der Waals surface area contributed by atoms with Gasteiger partial charge in [0.15, 0.2) is 5.65 Å². The van der Waals surface area contributed by atoms with Crippen molar-refractivity contribution in [3.8, 4) is 0 Å². The first kappa shape index (κ1) is 20.4. The van der Waals surface area contributed by atoms with E-state index in [9.17, 15) is 18.0 Å². The summed E-state index contributed by atoms with van der Waals surface area (Å²) in [6, 6.07) is 8.85. The standard InChI is InChI=1S/C20H22F3N5O2/c21-20(22,23)14-27(12-16-4-3-11-30-16)18(29)13-26-9-6-15(7-10-26)19-25-24-17-5-1-2-8-28(17)19/h1-5,8,11,15H,6-7,9-10,12-14H2. The van der Waals surface area contributed by atoms with E-state index in [0.717, 1.165) is 29.2 Å². The van der Waals surface area contributed by atoms with Gasteiger partial charge in [0.2, 0.25) is 5.91 Å². The van der Waals surface area contributed by atoms with Crippen molar-refractivity contribution in [2.24, 2.45) is 0 Å². The Hall–Kier alpha value is -2.88. The molecule has 1 amide bonds. The summed E-state index contributed by atoms with van der Waals surface area (Å²) in [6.45, 7) is -0.329. The predicted molar refractivity (Wildman–Crippen MR) is 102 cm³/mol. The molecule has 10 heteroatoms. The lowest BCUT2D eigenvalue weighted by Gasteiger charge is -2.32. The van der Waals surface area contributed by atoms with Crippen LogP contribution in [-0.2, 0) is 11.3 Å². The quantitative estimate of drug-likeness (QED) is 0.612. The van der Waals surface area contributed by atoms with E-state index in [1.807, 2.05) is 33.7 Å². The maximum absolute atomic E-state index is 13.0. The SMILES string of the molecule is O=C(CN1CCC(c2nnc3ccccn23)CC1)N(Cc1ccco1)CC(F)(F)F. The van der Waals surface area contributed by atoms with E-state index >= 15 is 0 Å². The number of rotatable bonds is 6. The van der Waals surface area contributed by atoms with Gasteiger partial charge in [0.25, 0.3) is 0 Å². The average Bonchev–Trinajstić information content (AvgIpc) is 3.37. The molecule has 3 aromatic rings. The fourth-order valence-corrected chi connectivity index (χ4v) is 3.82. The van der Waals surface area contributed by atoms with E-state index in [-0.39, 0.29) is 19.0 Å². The molecule has 0 aromatic carbocycles. The molecule has 7 nitrogen and oxygen atoms in total. The van der Waals surface area contributed by atoms with Crippen LogP contribution in [0, 0.1) is 0 Å². The molecular weight excluding hydrogens is 399 g/mol. The Kier molecular flexibility index (Phi) is 5.76. The van der Waals surface area contributed by atoms with Crippen molar-refractivity contribution in [1.82, 2.24) is 24.4 Å². The molecule has 0 saturated carbocycles. The number of pyridine rings is 1. The topological polar surface area (TPSA) is 66.9 Å². The lowest BCUT2D eigenvalue weighted by atomic mass is 9.96. The normalized spacial score (nSPS) is 16.2. The zero-order valence-corrected chi connectivity index (χ0v) is 16.3. The third-order valence-corrected chi connectivity index (χ3v) is 5.30. The van der Waals surface area contributed by atoms with Crippen LogP contribution >= 0.6 is 0 Å². The van der Waals surface area contributed by atoms with Gasteiger partial charge in [-0.25, -0.2) is 0 Å². The second-order valence-corrected chi connectivity index (χ2v) is 7.48. The number of hydrogen-bond acceptors (Lipinski definition) is 5. The van der Waals surface area contributed by atoms with Crippen molar-refractivity contribution in [2.75, 3.05) is 26.2 Å². The molecule has 1 saturated heterocycles. The molecule has 30 heavy (non-hydrogen) atoms. The Morgan fingerprint density at radius 2 is 1.97 bits per heavy atom. The fourth-order valence-electron chi connectivity index (χ4n) is 3.82. The molecule has 0 atom stereocenters. The van der Waals surface area contributed by atoms with Gasteiger partial charge in [-0.1, -0.05) is 6.07 Å². The molecule has 0 bridgehead atoms. The molecule has 160 valence electrons. The number of furan rings is 1. The van der Waals surface area contributed by atoms with Crippen LogP contribution in [-0.4, -0.2) is 62.7 Å². The van der Waals surface area contributed by atoms with Gasteiger partial charge < -0.3 is 9.32 Å². The van der Waals surface area contributed by atoms with Crippen molar-refractivity contribution in [1.29, 1.82) is 0 Å². The highest BCUT2D eigenvalue weighted by Gasteiger charge is 2.34. The summed E-state index contributed by atoms with van der Waals surface area (Å²) in [5.41, 5.74) is 0.783. The molecule has 0 aliphatic carbocycles. The van der Waals surface area contributed by atoms with Crippen LogP contribution in [0.4, 0.5) is 13.2 Å². The number of amides is 1. The lowest BCUT2D eigenvalue weighted by Crippen LogP contribution is -2.45. The summed E-state index contributed by atoms with van der Waals surface area (Å²) >= 11 is 0. The van der Waals surface area contributed by atoms with Crippen molar-refractivity contribution >= 4 is 11.6 Å². The molecule has 0 radical (unpaired) electrons. The van der Waals surface area contributed by atoms with Crippen LogP contribution in [0.15, 0.2) is 47.2 Å². The van der Waals surface area contributed by atoms with Crippen molar-refractivity contribution < 1.29 is 22.4 Å². The number of alkyl halides is 3. The molecule has 1 aliphatic heterocycles. The van der Waals surface area contributed by atoms with Gasteiger partial charge >= 0.3 is 6.18 Å². The van der Waals surface area contributed by atoms with Gasteiger partial charge in [-0.3, -0.25) is 14.1 Å². The number of hydrogen-bond donors (Lipinski definition) is 0. The first-order valence-corrected chi connectivity index (χ1v) is 9.78. The highest BCUT2D eigenvalue weighted by Crippen LogP contribution is 2.27. The van der Waals surface area contributed by atoms with Gasteiger partial charge in [-0.15, -0.1) is 10.2 Å². The summed E-state index contributed by atoms with van der Waals surface area (Å²) in [5, 5.41) is 8.48. The minimum absolute atomic E-state index is 0.0515. The molecule has 0 spiro atoms. The molecule has 4 heterocycles. The Morgan fingerprint density at radius 3 is 2.67 bits per heavy atom. The number of halogens is 3. The summed E-state index contributed by atoms with van der Waals surface area (Å²) in [7, 11) is 0. The Balaban J connectivity index is 1.36. The summed E-state index contributed by atoms with van der Waals surface area (Å²) < 4.78 is 45.9. The maximum atomic E-state index is 13.0. The molecule has 0 N–H and O–H groups in total. The predicted octanol–water partition coefficient (Wildman–Crippen LogP) is 3.09. The third-order valence-electron chi connectivity index (χ3n) is 5.30. The van der Waals surface area contributed by atoms with Gasteiger partial charge in [0.1, 0.15) is 18.1 Å². The van der Waals surface area contributed by atoms with Gasteiger partial charge in [0.05, 0.1) is 19.4 Å². The lowest BCUT2D eigenvalue weighted by molar-refractivity contribution is -0.163. The minimum Gasteiger partial charge on any atom is -0.467 e. The Morgan fingerprint density at radius 1 is 1.17 bits per heavy atom. The Bertz CT molecular complexity index is 978. The minimum atomic E-state index is -4.47. The van der Waals surface area contributed by atoms with Crippen molar-refractivity contribution in [2.45, 2.75) is 31.5 Å². The fraction of sp³-hybridized carbons (Fsp3) is 0.450. The van der Waals surface area contributed by atoms with Crippen molar-refractivity contribution in [3.05, 3.63) is 54.4 Å². The highest BCUT2D eigenvalue weighted by molar-refractivity contribution is 5.78. The zero-order valence-electron chi connectivity index (χ0n) is 16.3. The van der Waals surface area contributed by atoms with Gasteiger partial charge in [-0.2, -0.15) is 13.2 Å². The van der Waals surface area contributed by atoms with E-state index in [0.29, 0.717) is 18.8 Å². The second kappa shape index (κ2) is 8.47. The van der Waals surface area contributed by atoms with Crippen LogP contribution in [0.3, 0.4) is 0 Å². The Labute approximate surface area is 171 Å². The number of piperidine rings is 1. The molecule has 1 aliphatic rings. The van der Waals surface area contributed by atoms with Crippen LogP contribution < -0.4 is 0 Å². The first-order valence-electron chi connectivity index (χ1n) is 9.78. The second-order valence-electron chi connectivity index (χ2n) is 7.48. The number of aromatic nitrogens is 3. The molecule has 1 fully saturated rings. The van der Waals surface area contributed by atoms with Crippen LogP contribution in [0.1, 0.15) is 30.3 Å². The monoisotopic (exact) mass is 421 g/mol. The first-order chi connectivity index (χ1) is 14.4. The van der Waals surface area contributed by atoms with Crippen molar-refractivity contribution in [3.63, 3.8) is 0 Å². The summed E-state index contributed by atoms with van der Waals surface area (Å²) in [5.74, 6) is 0.844. The molecular formula is C20H22F3N5O2. The average molecular weight is 421 g/mol. The summed E-state index contributed by atoms with van der Waals surface area (Å²) in [4.78, 5) is 15.3. The molecule has 0 unspecified atom stereocenters. The van der Waals surface area contributed by atoms with Crippen LogP contribution in [0.5, 0.6) is 0 Å². The van der Waals surface area contributed by atoms with Gasteiger partial charge in [-0.05, 0) is 50.2 Å². The van der Waals surface area contributed by atoms with Gasteiger partial charge in [0, 0.05) is 12.1 Å². The number of carbonyl (C=O) groups is 1. The van der Waals surface area contributed by atoms with Crippen LogP contribution in [0.2, 0.25) is 0 Å². The molecule has 3 aromatic heterocycles. The largest absolute Gasteiger partial charge is 0.467 e. The highest BCUT2D eigenvalue weighted by atomic mass is 19.4. The molecule has 4 rings (SSSR count). The third kappa shape index (κ3) is 4.81. The summed E-state index contributed by atoms with van der Waals surface area (Å²) in [6.07, 6.45) is 0.361. The zero-order chi connectivity index (χ0) is 21.1. The number of fused-ring (bicyclic) bond motifs is 1. The van der Waals surface area contributed by atoms with E-state index in [4.69, 9.17) is 4.42 Å². The number of nitrogens with zero attached hydrogens (tertiary/aromatic N) is 5. The number of carbonyl (C=O) groups excluding carboxylic acids is 1.